The molecule has 0 unspecified atom stereocenters. The predicted molar refractivity (Wildman–Crippen MR) is 109 cm³/mol. The van der Waals surface area contributed by atoms with Crippen molar-refractivity contribution in [1.29, 1.82) is 0 Å². The van der Waals surface area contributed by atoms with Crippen LogP contribution < -0.4 is 15.8 Å². The maximum Gasteiger partial charge on any atom is 0.410 e. The molecule has 29 heavy (non-hydrogen) atoms. The van der Waals surface area contributed by atoms with Crippen molar-refractivity contribution >= 4 is 34.2 Å². The minimum atomic E-state index is -0.595. The zero-order valence-electron chi connectivity index (χ0n) is 16.1. The van der Waals surface area contributed by atoms with Crippen molar-refractivity contribution < 1.29 is 23.9 Å². The summed E-state index contributed by atoms with van der Waals surface area (Å²) in [7, 11) is 0. The van der Waals surface area contributed by atoms with E-state index >= 15 is 0 Å². The zero-order valence-corrected chi connectivity index (χ0v) is 16.9. The summed E-state index contributed by atoms with van der Waals surface area (Å²) < 4.78 is 10.6. The zero-order chi connectivity index (χ0) is 20.8. The van der Waals surface area contributed by atoms with E-state index in [-0.39, 0.29) is 18.9 Å². The fourth-order valence-electron chi connectivity index (χ4n) is 3.09. The molecule has 0 bridgehead atoms. The molecular weight excluding hydrogens is 394 g/mol. The molecule has 1 aromatic heterocycles. The van der Waals surface area contributed by atoms with E-state index in [9.17, 15) is 14.4 Å². The van der Waals surface area contributed by atoms with Crippen LogP contribution in [0.25, 0.3) is 0 Å². The molecule has 3 N–H and O–H groups in total. The number of nitrogens with zero attached hydrogens (tertiary/aromatic N) is 1. The first-order valence-corrected chi connectivity index (χ1v) is 10.1. The molecule has 3 amide bonds. The average molecular weight is 417 g/mol. The number of ether oxygens (including phenoxy) is 2. The number of benzene rings is 1. The van der Waals surface area contributed by atoms with Gasteiger partial charge in [-0.3, -0.25) is 9.59 Å². The SMILES string of the molecule is CCOC(=O)N1CCc2c(sc(NC(=O)CCOc3ccccc3)c2C(N)=O)C1. The van der Waals surface area contributed by atoms with Gasteiger partial charge in [-0.2, -0.15) is 0 Å². The van der Waals surface area contributed by atoms with Gasteiger partial charge in [0.2, 0.25) is 5.91 Å². The van der Waals surface area contributed by atoms with Gasteiger partial charge in [-0.05, 0) is 31.0 Å². The van der Waals surface area contributed by atoms with E-state index in [2.05, 4.69) is 5.32 Å². The van der Waals surface area contributed by atoms with Gasteiger partial charge < -0.3 is 25.4 Å². The van der Waals surface area contributed by atoms with Gasteiger partial charge in [0, 0.05) is 11.4 Å². The van der Waals surface area contributed by atoms with Crippen molar-refractivity contribution in [3.8, 4) is 5.75 Å². The molecule has 0 saturated carbocycles. The number of carbonyl (C=O) groups excluding carboxylic acids is 3. The fourth-order valence-corrected chi connectivity index (χ4v) is 4.38. The molecule has 0 atom stereocenters. The van der Waals surface area contributed by atoms with Crippen LogP contribution in [-0.2, 0) is 22.5 Å². The summed E-state index contributed by atoms with van der Waals surface area (Å²) in [6, 6.07) is 9.21. The molecule has 0 fully saturated rings. The third kappa shape index (κ3) is 5.05. The normalized spacial score (nSPS) is 12.8. The van der Waals surface area contributed by atoms with Gasteiger partial charge in [-0.15, -0.1) is 11.3 Å². The summed E-state index contributed by atoms with van der Waals surface area (Å²) >= 11 is 1.26. The van der Waals surface area contributed by atoms with E-state index in [0.29, 0.717) is 42.4 Å². The largest absolute Gasteiger partial charge is 0.493 e. The summed E-state index contributed by atoms with van der Waals surface area (Å²) in [6.07, 6.45) is 0.219. The van der Waals surface area contributed by atoms with Crippen molar-refractivity contribution in [2.45, 2.75) is 26.3 Å². The molecular formula is C20H23N3O5S. The smallest absolute Gasteiger partial charge is 0.410 e. The second-order valence-electron chi connectivity index (χ2n) is 6.40. The number of fused-ring (bicyclic) bond motifs is 1. The molecule has 1 aliphatic heterocycles. The second-order valence-corrected chi connectivity index (χ2v) is 7.51. The summed E-state index contributed by atoms with van der Waals surface area (Å²) in [5.74, 6) is -0.184. The first kappa shape index (κ1) is 20.7. The Morgan fingerprint density at radius 3 is 2.69 bits per heavy atom. The highest BCUT2D eigenvalue weighted by atomic mass is 32.1. The highest BCUT2D eigenvalue weighted by molar-refractivity contribution is 7.17. The van der Waals surface area contributed by atoms with Gasteiger partial charge in [-0.1, -0.05) is 18.2 Å². The molecule has 0 saturated heterocycles. The average Bonchev–Trinajstić information content (AvgIpc) is 3.06. The Kier molecular flexibility index (Phi) is 6.71. The van der Waals surface area contributed by atoms with Crippen LogP contribution >= 0.6 is 11.3 Å². The van der Waals surface area contributed by atoms with Gasteiger partial charge in [0.05, 0.1) is 31.7 Å². The molecule has 3 rings (SSSR count). The minimum Gasteiger partial charge on any atom is -0.493 e. The molecule has 2 aromatic rings. The van der Waals surface area contributed by atoms with Crippen molar-refractivity contribution in [1.82, 2.24) is 4.90 Å². The van der Waals surface area contributed by atoms with Crippen LogP contribution in [0.15, 0.2) is 30.3 Å². The Morgan fingerprint density at radius 2 is 2.00 bits per heavy atom. The number of primary amides is 1. The topological polar surface area (TPSA) is 111 Å². The number of hydrogen-bond acceptors (Lipinski definition) is 6. The molecule has 0 aliphatic carbocycles. The van der Waals surface area contributed by atoms with Crippen LogP contribution in [0.3, 0.4) is 0 Å². The summed E-state index contributed by atoms with van der Waals surface area (Å²) in [5, 5.41) is 3.18. The Balaban J connectivity index is 1.65. The number of hydrogen-bond donors (Lipinski definition) is 2. The van der Waals surface area contributed by atoms with E-state index in [1.165, 1.54) is 11.3 Å². The number of para-hydroxylation sites is 1. The van der Waals surface area contributed by atoms with E-state index in [1.807, 2.05) is 30.3 Å². The molecule has 9 heteroatoms. The van der Waals surface area contributed by atoms with Crippen LogP contribution in [0.2, 0.25) is 0 Å². The molecule has 1 aromatic carbocycles. The third-order valence-corrected chi connectivity index (χ3v) is 5.56. The van der Waals surface area contributed by atoms with Crippen molar-refractivity contribution in [3.63, 3.8) is 0 Å². The molecule has 8 nitrogen and oxygen atoms in total. The van der Waals surface area contributed by atoms with Crippen LogP contribution in [0, 0.1) is 0 Å². The van der Waals surface area contributed by atoms with Crippen molar-refractivity contribution in [2.75, 3.05) is 25.1 Å². The molecule has 0 spiro atoms. The van der Waals surface area contributed by atoms with E-state index < -0.39 is 12.0 Å². The first-order valence-electron chi connectivity index (χ1n) is 9.33. The number of thiophene rings is 1. The van der Waals surface area contributed by atoms with Gasteiger partial charge in [0.1, 0.15) is 10.8 Å². The number of anilines is 1. The van der Waals surface area contributed by atoms with Crippen LogP contribution in [0.1, 0.15) is 34.1 Å². The number of rotatable bonds is 7. The van der Waals surface area contributed by atoms with Gasteiger partial charge >= 0.3 is 6.09 Å². The third-order valence-electron chi connectivity index (χ3n) is 4.42. The fraction of sp³-hybridized carbons (Fsp3) is 0.350. The van der Waals surface area contributed by atoms with E-state index in [4.69, 9.17) is 15.2 Å². The highest BCUT2D eigenvalue weighted by Gasteiger charge is 2.29. The quantitative estimate of drug-likeness (QED) is 0.720. The lowest BCUT2D eigenvalue weighted by Gasteiger charge is -2.26. The van der Waals surface area contributed by atoms with Crippen molar-refractivity contribution in [2.24, 2.45) is 5.73 Å². The van der Waals surface area contributed by atoms with Gasteiger partial charge in [-0.25, -0.2) is 4.79 Å². The number of amides is 3. The minimum absolute atomic E-state index is 0.130. The Morgan fingerprint density at radius 1 is 1.24 bits per heavy atom. The maximum absolute atomic E-state index is 12.3. The first-order chi connectivity index (χ1) is 14.0. The standard InChI is InChI=1S/C20H23N3O5S/c1-2-27-20(26)23-10-8-14-15(12-23)29-19(17(14)18(21)25)22-16(24)9-11-28-13-6-4-3-5-7-13/h3-7H,2,8-12H2,1H3,(H2,21,25)(H,22,24). The number of carbonyl (C=O) groups is 3. The van der Waals surface area contributed by atoms with Gasteiger partial charge in [0.25, 0.3) is 5.91 Å². The van der Waals surface area contributed by atoms with Crippen LogP contribution in [-0.4, -0.2) is 42.6 Å². The Labute approximate surface area is 172 Å². The van der Waals surface area contributed by atoms with Crippen LogP contribution in [0.4, 0.5) is 9.80 Å². The number of nitrogens with two attached hydrogens (primary N) is 1. The summed E-state index contributed by atoms with van der Waals surface area (Å²) in [4.78, 5) is 38.7. The lowest BCUT2D eigenvalue weighted by molar-refractivity contribution is -0.116. The highest BCUT2D eigenvalue weighted by Crippen LogP contribution is 2.37. The Bertz CT molecular complexity index is 897. The molecule has 1 aliphatic rings. The summed E-state index contributed by atoms with van der Waals surface area (Å²) in [5.41, 5.74) is 6.68. The van der Waals surface area contributed by atoms with Gasteiger partial charge in [0.15, 0.2) is 0 Å². The predicted octanol–water partition coefficient (Wildman–Crippen LogP) is 2.77. The monoisotopic (exact) mass is 417 g/mol. The lowest BCUT2D eigenvalue weighted by Crippen LogP contribution is -2.36. The lowest BCUT2D eigenvalue weighted by atomic mass is 10.0. The molecule has 154 valence electrons. The van der Waals surface area contributed by atoms with Crippen molar-refractivity contribution in [3.05, 3.63) is 46.3 Å². The van der Waals surface area contributed by atoms with E-state index in [0.717, 1.165) is 10.4 Å². The molecule has 2 heterocycles. The Hall–Kier alpha value is -3.07. The maximum atomic E-state index is 12.3. The second kappa shape index (κ2) is 9.42. The van der Waals surface area contributed by atoms with Crippen LogP contribution in [0.5, 0.6) is 5.75 Å². The number of nitrogens with one attached hydrogen (secondary N) is 1. The summed E-state index contributed by atoms with van der Waals surface area (Å²) in [6.45, 7) is 3.01. The van der Waals surface area contributed by atoms with E-state index in [1.54, 1.807) is 11.8 Å². The molecule has 0 radical (unpaired) electrons.